The molecule has 1 atom stereocenters. The van der Waals surface area contributed by atoms with E-state index in [4.69, 9.17) is 4.52 Å². The molecule has 2 saturated carbocycles. The predicted molar refractivity (Wildman–Crippen MR) is 122 cm³/mol. The Kier molecular flexibility index (Phi) is 8.54. The molecule has 0 unspecified atom stereocenters. The summed E-state index contributed by atoms with van der Waals surface area (Å²) in [6.45, 7) is 7.71. The second-order valence-corrected chi connectivity index (χ2v) is 11.0. The van der Waals surface area contributed by atoms with Gasteiger partial charge in [-0.25, -0.2) is 0 Å². The first kappa shape index (κ1) is 24.2. The van der Waals surface area contributed by atoms with Gasteiger partial charge in [0.25, 0.3) is 0 Å². The van der Waals surface area contributed by atoms with Gasteiger partial charge < -0.3 is 14.9 Å². The van der Waals surface area contributed by atoms with Crippen molar-refractivity contribution in [3.05, 3.63) is 11.7 Å². The van der Waals surface area contributed by atoms with Crippen molar-refractivity contribution in [2.24, 2.45) is 10.8 Å². The van der Waals surface area contributed by atoms with Gasteiger partial charge in [0.15, 0.2) is 5.82 Å². The van der Waals surface area contributed by atoms with Gasteiger partial charge in [0.1, 0.15) is 0 Å². The molecule has 31 heavy (non-hydrogen) atoms. The van der Waals surface area contributed by atoms with Crippen molar-refractivity contribution in [3.8, 4) is 0 Å². The van der Waals surface area contributed by atoms with E-state index in [-0.39, 0.29) is 17.8 Å². The number of rotatable bonds is 10. The maximum absolute atomic E-state index is 11.5. The van der Waals surface area contributed by atoms with Crippen LogP contribution in [0.5, 0.6) is 0 Å². The highest BCUT2D eigenvalue weighted by molar-refractivity contribution is 5.67. The van der Waals surface area contributed by atoms with Crippen molar-refractivity contribution in [1.29, 1.82) is 0 Å². The number of carboxylic acids is 1. The van der Waals surface area contributed by atoms with Crippen molar-refractivity contribution in [1.82, 2.24) is 15.5 Å². The number of hydrogen-bond donors (Lipinski definition) is 2. The molecule has 2 N–H and O–H groups in total. The minimum absolute atomic E-state index is 0.0558. The molecule has 1 heterocycles. The molecular weight excluding hydrogens is 390 g/mol. The van der Waals surface area contributed by atoms with E-state index >= 15 is 0 Å². The smallest absolute Gasteiger partial charge is 0.304 e. The number of aliphatic carboxylic acids is 1. The summed E-state index contributed by atoms with van der Waals surface area (Å²) in [5.41, 5.74) is 0.640. The molecule has 0 spiro atoms. The molecule has 0 amide bonds. The maximum atomic E-state index is 11.5. The molecule has 2 fully saturated rings. The fourth-order valence-corrected chi connectivity index (χ4v) is 5.86. The average molecular weight is 434 g/mol. The molecule has 6 heteroatoms. The Morgan fingerprint density at radius 3 is 2.48 bits per heavy atom. The van der Waals surface area contributed by atoms with Crippen LogP contribution in [0.3, 0.4) is 0 Å². The Morgan fingerprint density at radius 2 is 1.84 bits per heavy atom. The lowest BCUT2D eigenvalue weighted by molar-refractivity contribution is -0.137. The Hall–Kier alpha value is -1.43. The van der Waals surface area contributed by atoms with E-state index in [9.17, 15) is 9.90 Å². The van der Waals surface area contributed by atoms with Crippen LogP contribution in [0.2, 0.25) is 0 Å². The predicted octanol–water partition coefficient (Wildman–Crippen LogP) is 6.22. The summed E-state index contributed by atoms with van der Waals surface area (Å²) in [7, 11) is 0. The van der Waals surface area contributed by atoms with Crippen LogP contribution in [0.4, 0.5) is 0 Å². The molecule has 0 radical (unpaired) electrons. The Bertz CT molecular complexity index is 682. The van der Waals surface area contributed by atoms with Gasteiger partial charge in [-0.05, 0) is 49.4 Å². The summed E-state index contributed by atoms with van der Waals surface area (Å²) in [4.78, 5) is 16.1. The summed E-state index contributed by atoms with van der Waals surface area (Å²) in [5, 5.41) is 17.1. The van der Waals surface area contributed by atoms with Gasteiger partial charge in [0.2, 0.25) is 5.89 Å². The number of hydrogen-bond acceptors (Lipinski definition) is 5. The standard InChI is InChI=1S/C25H43N3O3/c1-24(2,3)25(14-8-5-9-15-25)16-10-11-19(17-22(29)30)23-27-21(28-31-23)18-26-20-12-6-4-7-13-20/h19-20,26H,4-18H2,1-3H3,(H,29,30)/t19-/m1/s1. The third-order valence-electron chi connectivity index (χ3n) is 8.02. The second-order valence-electron chi connectivity index (χ2n) is 11.0. The first-order valence-electron chi connectivity index (χ1n) is 12.6. The zero-order chi connectivity index (χ0) is 22.3. The van der Waals surface area contributed by atoms with Gasteiger partial charge in [-0.2, -0.15) is 4.98 Å². The van der Waals surface area contributed by atoms with Crippen LogP contribution in [-0.2, 0) is 11.3 Å². The third kappa shape index (κ3) is 6.77. The molecule has 0 bridgehead atoms. The Morgan fingerprint density at radius 1 is 1.16 bits per heavy atom. The van der Waals surface area contributed by atoms with E-state index in [1.807, 2.05) is 0 Å². The van der Waals surface area contributed by atoms with Crippen LogP contribution in [-0.4, -0.2) is 27.3 Å². The average Bonchev–Trinajstić information content (AvgIpc) is 3.21. The van der Waals surface area contributed by atoms with E-state index in [0.29, 0.717) is 29.7 Å². The van der Waals surface area contributed by atoms with Gasteiger partial charge >= 0.3 is 5.97 Å². The highest BCUT2D eigenvalue weighted by Gasteiger charge is 2.42. The van der Waals surface area contributed by atoms with E-state index < -0.39 is 5.97 Å². The van der Waals surface area contributed by atoms with Crippen molar-refractivity contribution in [2.45, 2.75) is 129 Å². The molecule has 0 aliphatic heterocycles. The zero-order valence-corrected chi connectivity index (χ0v) is 19.9. The van der Waals surface area contributed by atoms with Crippen molar-refractivity contribution in [3.63, 3.8) is 0 Å². The maximum Gasteiger partial charge on any atom is 0.304 e. The molecule has 0 aromatic carbocycles. The fourth-order valence-electron chi connectivity index (χ4n) is 5.86. The quantitative estimate of drug-likeness (QED) is 0.455. The van der Waals surface area contributed by atoms with Crippen molar-refractivity contribution in [2.75, 3.05) is 0 Å². The minimum atomic E-state index is -0.798. The lowest BCUT2D eigenvalue weighted by atomic mass is 9.57. The van der Waals surface area contributed by atoms with Crippen LogP contribution >= 0.6 is 0 Å². The molecule has 1 aromatic rings. The van der Waals surface area contributed by atoms with Crippen LogP contribution in [0.25, 0.3) is 0 Å². The minimum Gasteiger partial charge on any atom is -0.481 e. The third-order valence-corrected chi connectivity index (χ3v) is 8.02. The molecule has 1 aromatic heterocycles. The molecule has 6 nitrogen and oxygen atoms in total. The number of carbonyl (C=O) groups is 1. The molecular formula is C25H43N3O3. The summed E-state index contributed by atoms with van der Waals surface area (Å²) in [5.74, 6) is 0.146. The van der Waals surface area contributed by atoms with Gasteiger partial charge in [0, 0.05) is 12.0 Å². The number of nitrogens with one attached hydrogen (secondary N) is 1. The summed E-state index contributed by atoms with van der Waals surface area (Å²) in [6, 6.07) is 0.537. The second kappa shape index (κ2) is 10.9. The molecule has 2 aliphatic rings. The SMILES string of the molecule is CC(C)(C)C1(CCC[C@H](CC(=O)O)c2nc(CNC3CCCCC3)no2)CCCCC1. The number of nitrogens with zero attached hydrogens (tertiary/aromatic N) is 2. The van der Waals surface area contributed by atoms with Gasteiger partial charge in [-0.3, -0.25) is 4.79 Å². The topological polar surface area (TPSA) is 88.2 Å². The summed E-state index contributed by atoms with van der Waals surface area (Å²) < 4.78 is 5.54. The van der Waals surface area contributed by atoms with Crippen molar-refractivity contribution < 1.29 is 14.4 Å². The largest absolute Gasteiger partial charge is 0.481 e. The van der Waals surface area contributed by atoms with Crippen LogP contribution in [0.1, 0.15) is 128 Å². The number of carboxylic acid groups (broad SMARTS) is 1. The first-order chi connectivity index (χ1) is 14.8. The van der Waals surface area contributed by atoms with Crippen LogP contribution in [0, 0.1) is 10.8 Å². The number of aromatic nitrogens is 2. The van der Waals surface area contributed by atoms with Crippen LogP contribution < -0.4 is 5.32 Å². The lowest BCUT2D eigenvalue weighted by Crippen LogP contribution is -2.37. The molecule has 3 rings (SSSR count). The van der Waals surface area contributed by atoms with Crippen molar-refractivity contribution >= 4 is 5.97 Å². The summed E-state index contributed by atoms with van der Waals surface area (Å²) in [6.07, 6.45) is 15.9. The summed E-state index contributed by atoms with van der Waals surface area (Å²) >= 11 is 0. The lowest BCUT2D eigenvalue weighted by Gasteiger charge is -2.48. The molecule has 176 valence electrons. The van der Waals surface area contributed by atoms with Gasteiger partial charge in [0.05, 0.1) is 13.0 Å². The fraction of sp³-hybridized carbons (Fsp3) is 0.880. The van der Waals surface area contributed by atoms with E-state index in [0.717, 1.165) is 19.3 Å². The highest BCUT2D eigenvalue weighted by Crippen LogP contribution is 2.53. The van der Waals surface area contributed by atoms with Gasteiger partial charge in [-0.1, -0.05) is 70.9 Å². The highest BCUT2D eigenvalue weighted by atomic mass is 16.5. The van der Waals surface area contributed by atoms with E-state index in [1.54, 1.807) is 0 Å². The Balaban J connectivity index is 1.57. The first-order valence-corrected chi connectivity index (χ1v) is 12.6. The Labute approximate surface area is 188 Å². The molecule has 2 aliphatic carbocycles. The molecule has 0 saturated heterocycles. The normalized spacial score (nSPS) is 21.1. The van der Waals surface area contributed by atoms with Crippen LogP contribution in [0.15, 0.2) is 4.52 Å². The monoisotopic (exact) mass is 433 g/mol. The van der Waals surface area contributed by atoms with E-state index in [1.165, 1.54) is 64.2 Å². The zero-order valence-electron chi connectivity index (χ0n) is 19.9. The van der Waals surface area contributed by atoms with Gasteiger partial charge in [-0.15, -0.1) is 0 Å². The van der Waals surface area contributed by atoms with E-state index in [2.05, 4.69) is 36.2 Å².